The van der Waals surface area contributed by atoms with E-state index in [4.69, 9.17) is 5.11 Å². The maximum absolute atomic E-state index is 10.7. The van der Waals surface area contributed by atoms with Gasteiger partial charge in [0.15, 0.2) is 0 Å². The molecule has 0 aromatic carbocycles. The Morgan fingerprint density at radius 2 is 2.31 bits per heavy atom. The summed E-state index contributed by atoms with van der Waals surface area (Å²) in [5.74, 6) is 0. The predicted molar refractivity (Wildman–Crippen MR) is 61.2 cm³/mol. The third-order valence-corrected chi connectivity index (χ3v) is 2.76. The van der Waals surface area contributed by atoms with Crippen molar-refractivity contribution >= 4 is 11.7 Å². The molecule has 1 aliphatic rings. The maximum atomic E-state index is 10.7. The number of carboxylic acid groups (broad SMARTS) is 1. The molecule has 16 heavy (non-hydrogen) atoms. The Morgan fingerprint density at radius 1 is 1.50 bits per heavy atom. The van der Waals surface area contributed by atoms with Gasteiger partial charge in [-0.15, -0.1) is 0 Å². The Morgan fingerprint density at radius 3 is 2.81 bits per heavy atom. The molecule has 4 nitrogen and oxygen atoms in total. The Kier molecular flexibility index (Phi) is 2.90. The van der Waals surface area contributed by atoms with E-state index < -0.39 is 6.09 Å². The molecule has 1 aromatic rings. The van der Waals surface area contributed by atoms with Crippen molar-refractivity contribution in [1.29, 1.82) is 0 Å². The van der Waals surface area contributed by atoms with E-state index in [2.05, 4.69) is 4.98 Å². The zero-order chi connectivity index (χ0) is 11.5. The van der Waals surface area contributed by atoms with Crippen molar-refractivity contribution < 1.29 is 9.90 Å². The van der Waals surface area contributed by atoms with Crippen LogP contribution in [-0.2, 0) is 0 Å². The molecule has 0 bridgehead atoms. The second-order valence-corrected chi connectivity index (χ2v) is 3.90. The smallest absolute Gasteiger partial charge is 0.407 e. The van der Waals surface area contributed by atoms with Gasteiger partial charge in [-0.3, -0.25) is 4.98 Å². The highest BCUT2D eigenvalue weighted by atomic mass is 16.4. The van der Waals surface area contributed by atoms with Gasteiger partial charge in [-0.25, -0.2) is 4.79 Å². The summed E-state index contributed by atoms with van der Waals surface area (Å²) in [6, 6.07) is 4.00. The third-order valence-electron chi connectivity index (χ3n) is 2.76. The van der Waals surface area contributed by atoms with Crippen LogP contribution in [-0.4, -0.2) is 34.2 Å². The van der Waals surface area contributed by atoms with E-state index in [1.54, 1.807) is 0 Å². The number of pyridine rings is 1. The molecule has 0 saturated carbocycles. The van der Waals surface area contributed by atoms with Crippen molar-refractivity contribution in [2.24, 2.45) is 0 Å². The van der Waals surface area contributed by atoms with Gasteiger partial charge < -0.3 is 10.0 Å². The molecular formula is C12H14N2O2. The summed E-state index contributed by atoms with van der Waals surface area (Å²) >= 11 is 0. The van der Waals surface area contributed by atoms with E-state index >= 15 is 0 Å². The van der Waals surface area contributed by atoms with Gasteiger partial charge in [0, 0.05) is 25.0 Å². The first-order chi connectivity index (χ1) is 7.66. The minimum absolute atomic E-state index is 0.471. The molecule has 1 N–H and O–H groups in total. The third kappa shape index (κ3) is 2.21. The van der Waals surface area contributed by atoms with Crippen LogP contribution < -0.4 is 0 Å². The molecule has 1 amide bonds. The first kappa shape index (κ1) is 10.7. The number of hydrogen-bond acceptors (Lipinski definition) is 2. The van der Waals surface area contributed by atoms with Crippen molar-refractivity contribution in [3.63, 3.8) is 0 Å². The summed E-state index contributed by atoms with van der Waals surface area (Å²) < 4.78 is 0. The number of nitrogens with zero attached hydrogens (tertiary/aromatic N) is 2. The van der Waals surface area contributed by atoms with Gasteiger partial charge in [0.25, 0.3) is 0 Å². The first-order valence-corrected chi connectivity index (χ1v) is 5.27. The van der Waals surface area contributed by atoms with E-state index in [0.717, 1.165) is 17.7 Å². The van der Waals surface area contributed by atoms with E-state index in [-0.39, 0.29) is 0 Å². The number of hydrogen-bond donors (Lipinski definition) is 1. The molecule has 84 valence electrons. The molecule has 4 heteroatoms. The quantitative estimate of drug-likeness (QED) is 0.785. The predicted octanol–water partition coefficient (Wildman–Crippen LogP) is 2.16. The Hall–Kier alpha value is -1.84. The maximum Gasteiger partial charge on any atom is 0.407 e. The van der Waals surface area contributed by atoms with Gasteiger partial charge in [0.1, 0.15) is 0 Å². The Labute approximate surface area is 94.2 Å². The molecule has 2 rings (SSSR count). The molecule has 2 heterocycles. The fourth-order valence-electron chi connectivity index (χ4n) is 1.76. The monoisotopic (exact) mass is 218 g/mol. The summed E-state index contributed by atoms with van der Waals surface area (Å²) in [5, 5.41) is 8.82. The van der Waals surface area contributed by atoms with Crippen molar-refractivity contribution in [2.45, 2.75) is 13.3 Å². The fourth-order valence-corrected chi connectivity index (χ4v) is 1.76. The van der Waals surface area contributed by atoms with Gasteiger partial charge in [0.2, 0.25) is 0 Å². The molecule has 0 unspecified atom stereocenters. The lowest BCUT2D eigenvalue weighted by Crippen LogP contribution is -2.33. The zero-order valence-corrected chi connectivity index (χ0v) is 9.18. The highest BCUT2D eigenvalue weighted by Gasteiger charge is 2.16. The summed E-state index contributed by atoms with van der Waals surface area (Å²) in [6.07, 6.45) is 3.72. The summed E-state index contributed by atoms with van der Waals surface area (Å²) in [6.45, 7) is 2.98. The van der Waals surface area contributed by atoms with Gasteiger partial charge >= 0.3 is 6.09 Å². The molecule has 0 aliphatic carbocycles. The topological polar surface area (TPSA) is 53.4 Å². The first-order valence-electron chi connectivity index (χ1n) is 5.27. The van der Waals surface area contributed by atoms with Gasteiger partial charge in [0.05, 0.1) is 0 Å². The van der Waals surface area contributed by atoms with Crippen LogP contribution in [0.2, 0.25) is 0 Å². The highest BCUT2D eigenvalue weighted by Crippen LogP contribution is 2.21. The lowest BCUT2D eigenvalue weighted by molar-refractivity contribution is 0.150. The molecule has 1 aromatic heterocycles. The van der Waals surface area contributed by atoms with Crippen LogP contribution in [0.5, 0.6) is 0 Å². The Balaban J connectivity index is 2.13. The average Bonchev–Trinajstić information content (AvgIpc) is 2.30. The van der Waals surface area contributed by atoms with Gasteiger partial charge in [-0.2, -0.15) is 0 Å². The van der Waals surface area contributed by atoms with E-state index in [1.165, 1.54) is 10.5 Å². The lowest BCUT2D eigenvalue weighted by Gasteiger charge is -2.23. The molecule has 0 radical (unpaired) electrons. The molecular weight excluding hydrogens is 204 g/mol. The van der Waals surface area contributed by atoms with Crippen LogP contribution in [0, 0.1) is 6.92 Å². The Bertz CT molecular complexity index is 423. The molecule has 0 fully saturated rings. The van der Waals surface area contributed by atoms with Crippen molar-refractivity contribution in [3.05, 3.63) is 35.7 Å². The fraction of sp³-hybridized carbons (Fsp3) is 0.333. The van der Waals surface area contributed by atoms with Gasteiger partial charge in [-0.05, 0) is 30.5 Å². The normalized spacial score (nSPS) is 15.8. The van der Waals surface area contributed by atoms with Crippen molar-refractivity contribution in [3.8, 4) is 0 Å². The highest BCUT2D eigenvalue weighted by molar-refractivity contribution is 5.70. The molecule has 0 spiro atoms. The SMILES string of the molecule is Cc1ccc(C2=CCN(C(=O)O)CC2)cn1. The standard InChI is InChI=1S/C12H14N2O2/c1-9-2-3-11(8-13-9)10-4-6-14(7-5-10)12(15)16/h2-4,8H,5-7H2,1H3,(H,15,16). The summed E-state index contributed by atoms with van der Waals surface area (Å²) in [5.41, 5.74) is 3.27. The van der Waals surface area contributed by atoms with Crippen LogP contribution >= 0.6 is 0 Å². The van der Waals surface area contributed by atoms with Crippen LogP contribution in [0.25, 0.3) is 5.57 Å². The van der Waals surface area contributed by atoms with Gasteiger partial charge in [-0.1, -0.05) is 12.1 Å². The molecule has 0 saturated heterocycles. The number of aryl methyl sites for hydroxylation is 1. The number of aromatic nitrogens is 1. The number of carbonyl (C=O) groups is 1. The zero-order valence-electron chi connectivity index (χ0n) is 9.18. The number of amides is 1. The summed E-state index contributed by atoms with van der Waals surface area (Å²) in [7, 11) is 0. The minimum atomic E-state index is -0.850. The summed E-state index contributed by atoms with van der Waals surface area (Å²) in [4.78, 5) is 16.4. The molecule has 0 atom stereocenters. The van der Waals surface area contributed by atoms with E-state index in [9.17, 15) is 4.79 Å². The second-order valence-electron chi connectivity index (χ2n) is 3.90. The van der Waals surface area contributed by atoms with Crippen LogP contribution in [0.15, 0.2) is 24.4 Å². The number of rotatable bonds is 1. The van der Waals surface area contributed by atoms with Crippen LogP contribution in [0.4, 0.5) is 4.79 Å². The second kappa shape index (κ2) is 4.35. The van der Waals surface area contributed by atoms with Crippen molar-refractivity contribution in [2.75, 3.05) is 13.1 Å². The van der Waals surface area contributed by atoms with Crippen molar-refractivity contribution in [1.82, 2.24) is 9.88 Å². The molecule has 1 aliphatic heterocycles. The minimum Gasteiger partial charge on any atom is -0.465 e. The largest absolute Gasteiger partial charge is 0.465 e. The van der Waals surface area contributed by atoms with E-state index in [1.807, 2.05) is 31.3 Å². The lowest BCUT2D eigenvalue weighted by atomic mass is 10.0. The van der Waals surface area contributed by atoms with Crippen LogP contribution in [0.3, 0.4) is 0 Å². The van der Waals surface area contributed by atoms with Crippen LogP contribution in [0.1, 0.15) is 17.7 Å². The van der Waals surface area contributed by atoms with E-state index in [0.29, 0.717) is 13.1 Å². The average molecular weight is 218 g/mol.